The fourth-order valence-corrected chi connectivity index (χ4v) is 3.63. The van der Waals surface area contributed by atoms with Crippen LogP contribution in [0.25, 0.3) is 0 Å². The van der Waals surface area contributed by atoms with Crippen LogP contribution in [0.2, 0.25) is 0 Å². The van der Waals surface area contributed by atoms with E-state index in [1.165, 1.54) is 20.1 Å². The van der Waals surface area contributed by atoms with Crippen LogP contribution in [0.4, 0.5) is 0 Å². The van der Waals surface area contributed by atoms with E-state index in [4.69, 9.17) is 9.47 Å². The Hall–Kier alpha value is -3.49. The number of hydrogen-bond donors (Lipinski definition) is 1. The van der Waals surface area contributed by atoms with Gasteiger partial charge in [0.05, 0.1) is 24.5 Å². The number of nitrogens with zero attached hydrogens (tertiary/aromatic N) is 1. The Kier molecular flexibility index (Phi) is 6.29. The second-order valence-corrected chi connectivity index (χ2v) is 7.06. The number of para-hydroxylation sites is 1. The molecule has 0 saturated carbocycles. The molecule has 9 nitrogen and oxygen atoms in total. The maximum absolute atomic E-state index is 12.5. The molecule has 0 aromatic heterocycles. The predicted octanol–water partition coefficient (Wildman–Crippen LogP) is 0.834. The molecule has 1 fully saturated rings. The molecule has 3 atom stereocenters. The average Bonchev–Trinajstić information content (AvgIpc) is 3.01. The molecule has 30 heavy (non-hydrogen) atoms. The first-order valence-electron chi connectivity index (χ1n) is 9.51. The smallest absolute Gasteiger partial charge is 0.329 e. The lowest BCUT2D eigenvalue weighted by Crippen LogP contribution is -2.45. The number of ether oxygens (including phenoxy) is 2. The Bertz CT molecular complexity index is 898. The van der Waals surface area contributed by atoms with Crippen molar-refractivity contribution in [3.05, 3.63) is 42.0 Å². The van der Waals surface area contributed by atoms with Crippen LogP contribution in [-0.4, -0.2) is 54.3 Å². The molecule has 3 rings (SSSR count). The molecule has 1 N–H and O–H groups in total. The molecule has 1 aliphatic carbocycles. The van der Waals surface area contributed by atoms with Gasteiger partial charge in [-0.15, -0.1) is 0 Å². The number of hydrogen-bond acceptors (Lipinski definition) is 7. The first-order valence-corrected chi connectivity index (χ1v) is 9.51. The molecular weight excluding hydrogens is 392 g/mol. The number of imide groups is 2. The molecule has 1 aliphatic heterocycles. The summed E-state index contributed by atoms with van der Waals surface area (Å²) in [6.45, 7) is 0.648. The summed E-state index contributed by atoms with van der Waals surface area (Å²) in [5, 5.41) is 2.10. The van der Waals surface area contributed by atoms with Crippen LogP contribution in [0.3, 0.4) is 0 Å². The van der Waals surface area contributed by atoms with Crippen LogP contribution in [0.15, 0.2) is 36.4 Å². The molecule has 0 spiro atoms. The zero-order chi connectivity index (χ0) is 21.8. The summed E-state index contributed by atoms with van der Waals surface area (Å²) in [6, 6.07) is 5.18. The van der Waals surface area contributed by atoms with Gasteiger partial charge < -0.3 is 9.47 Å². The van der Waals surface area contributed by atoms with Gasteiger partial charge in [-0.25, -0.2) is 4.79 Å². The SMILES string of the molecule is COc1ccccc1C(=O)NC(=O)COC(=O)[C@H](C)N1C(=O)[C@@H]2CC=CC[C@H]2C1=O. The lowest BCUT2D eigenvalue weighted by atomic mass is 9.85. The topological polar surface area (TPSA) is 119 Å². The molecule has 1 heterocycles. The number of methoxy groups -OCH3 is 1. The lowest BCUT2D eigenvalue weighted by Gasteiger charge is -2.21. The number of amides is 4. The second kappa shape index (κ2) is 8.89. The van der Waals surface area contributed by atoms with Crippen molar-refractivity contribution in [3.8, 4) is 5.75 Å². The zero-order valence-corrected chi connectivity index (χ0v) is 16.6. The van der Waals surface area contributed by atoms with E-state index in [9.17, 15) is 24.0 Å². The number of carbonyl (C=O) groups is 5. The van der Waals surface area contributed by atoms with E-state index in [0.29, 0.717) is 12.8 Å². The fourth-order valence-electron chi connectivity index (χ4n) is 3.63. The third-order valence-electron chi connectivity index (χ3n) is 5.22. The standard InChI is InChI=1S/C21H22N2O7/c1-12(23-19(26)13-7-3-4-8-14(13)20(23)27)21(28)30-11-17(24)22-18(25)15-9-5-6-10-16(15)29-2/h3-6,9-10,12-14H,7-8,11H2,1-2H3,(H,22,24,25)/t12-,13+,14+/m0/s1. The van der Waals surface area contributed by atoms with Gasteiger partial charge in [0.2, 0.25) is 11.8 Å². The molecule has 0 bridgehead atoms. The molecule has 1 saturated heterocycles. The quantitative estimate of drug-likeness (QED) is 0.416. The van der Waals surface area contributed by atoms with Crippen molar-refractivity contribution < 1.29 is 33.4 Å². The van der Waals surface area contributed by atoms with Crippen LogP contribution < -0.4 is 10.1 Å². The highest BCUT2D eigenvalue weighted by molar-refractivity contribution is 6.08. The number of carbonyl (C=O) groups excluding carboxylic acids is 5. The minimum atomic E-state index is -1.16. The zero-order valence-electron chi connectivity index (χ0n) is 16.6. The predicted molar refractivity (Wildman–Crippen MR) is 103 cm³/mol. The Labute approximate surface area is 173 Å². The molecule has 9 heteroatoms. The van der Waals surface area contributed by atoms with Crippen LogP contribution in [0, 0.1) is 11.8 Å². The van der Waals surface area contributed by atoms with E-state index < -0.39 is 54.1 Å². The summed E-state index contributed by atoms with van der Waals surface area (Å²) >= 11 is 0. The normalized spacial score (nSPS) is 21.1. The Morgan fingerprint density at radius 3 is 2.30 bits per heavy atom. The number of likely N-dealkylation sites (tertiary alicyclic amines) is 1. The first kappa shape index (κ1) is 21.2. The molecule has 1 aromatic carbocycles. The largest absolute Gasteiger partial charge is 0.496 e. The third-order valence-corrected chi connectivity index (χ3v) is 5.22. The molecule has 0 unspecified atom stereocenters. The van der Waals surface area contributed by atoms with E-state index >= 15 is 0 Å². The summed E-state index contributed by atoms with van der Waals surface area (Å²) in [5.74, 6) is -3.90. The molecular formula is C21H22N2O7. The monoisotopic (exact) mass is 414 g/mol. The maximum atomic E-state index is 12.5. The van der Waals surface area contributed by atoms with Crippen LogP contribution in [-0.2, 0) is 23.9 Å². The van der Waals surface area contributed by atoms with Crippen molar-refractivity contribution in [3.63, 3.8) is 0 Å². The summed E-state index contributed by atoms with van der Waals surface area (Å²) in [4.78, 5) is 62.5. The Morgan fingerprint density at radius 1 is 1.10 bits per heavy atom. The molecule has 0 radical (unpaired) electrons. The maximum Gasteiger partial charge on any atom is 0.329 e. The van der Waals surface area contributed by atoms with Gasteiger partial charge in [-0.1, -0.05) is 24.3 Å². The highest BCUT2D eigenvalue weighted by Gasteiger charge is 2.50. The number of esters is 1. The van der Waals surface area contributed by atoms with Gasteiger partial charge in [-0.2, -0.15) is 0 Å². The Morgan fingerprint density at radius 2 is 1.70 bits per heavy atom. The van der Waals surface area contributed by atoms with Crippen molar-refractivity contribution in [1.29, 1.82) is 0 Å². The highest BCUT2D eigenvalue weighted by atomic mass is 16.5. The van der Waals surface area contributed by atoms with Crippen LogP contribution in [0.1, 0.15) is 30.1 Å². The van der Waals surface area contributed by atoms with E-state index in [0.717, 1.165) is 4.90 Å². The van der Waals surface area contributed by atoms with Crippen molar-refractivity contribution in [2.75, 3.05) is 13.7 Å². The van der Waals surface area contributed by atoms with Gasteiger partial charge in [-0.3, -0.25) is 29.4 Å². The van der Waals surface area contributed by atoms with Crippen molar-refractivity contribution >= 4 is 29.6 Å². The summed E-state index contributed by atoms with van der Waals surface area (Å²) in [7, 11) is 1.39. The average molecular weight is 414 g/mol. The van der Waals surface area contributed by atoms with Gasteiger partial charge in [0.1, 0.15) is 11.8 Å². The molecule has 4 amide bonds. The highest BCUT2D eigenvalue weighted by Crippen LogP contribution is 2.36. The van der Waals surface area contributed by atoms with E-state index in [1.807, 2.05) is 12.2 Å². The van der Waals surface area contributed by atoms with Gasteiger partial charge in [0.25, 0.3) is 11.8 Å². The number of benzene rings is 1. The number of fused-ring (bicyclic) bond motifs is 1. The minimum Gasteiger partial charge on any atom is -0.496 e. The molecule has 158 valence electrons. The fraction of sp³-hybridized carbons (Fsp3) is 0.381. The number of allylic oxidation sites excluding steroid dienone is 2. The van der Waals surface area contributed by atoms with Gasteiger partial charge in [0, 0.05) is 0 Å². The van der Waals surface area contributed by atoms with Crippen molar-refractivity contribution in [2.45, 2.75) is 25.8 Å². The van der Waals surface area contributed by atoms with Crippen molar-refractivity contribution in [1.82, 2.24) is 10.2 Å². The summed E-state index contributed by atoms with van der Waals surface area (Å²) < 4.78 is 9.99. The first-order chi connectivity index (χ1) is 14.3. The van der Waals surface area contributed by atoms with E-state index in [1.54, 1.807) is 18.2 Å². The summed E-state index contributed by atoms with van der Waals surface area (Å²) in [5.41, 5.74) is 0.150. The second-order valence-electron chi connectivity index (χ2n) is 7.06. The van der Waals surface area contributed by atoms with Gasteiger partial charge in [-0.05, 0) is 31.9 Å². The lowest BCUT2D eigenvalue weighted by molar-refractivity contribution is -0.159. The van der Waals surface area contributed by atoms with Gasteiger partial charge in [0.15, 0.2) is 6.61 Å². The van der Waals surface area contributed by atoms with Crippen molar-refractivity contribution in [2.24, 2.45) is 11.8 Å². The number of rotatable bonds is 6. The third kappa shape index (κ3) is 4.10. The van der Waals surface area contributed by atoms with Gasteiger partial charge >= 0.3 is 5.97 Å². The molecule has 2 aliphatic rings. The van der Waals surface area contributed by atoms with E-state index in [2.05, 4.69) is 5.32 Å². The van der Waals surface area contributed by atoms with E-state index in [-0.39, 0.29) is 11.3 Å². The minimum absolute atomic E-state index is 0.150. The molecule has 1 aromatic rings. The van der Waals surface area contributed by atoms with Crippen LogP contribution >= 0.6 is 0 Å². The summed E-state index contributed by atoms with van der Waals surface area (Å²) in [6.07, 6.45) is 4.62. The Balaban J connectivity index is 1.55. The van der Waals surface area contributed by atoms with Crippen LogP contribution in [0.5, 0.6) is 5.75 Å². The number of nitrogens with one attached hydrogen (secondary N) is 1.